The molecule has 0 aliphatic carbocycles. The lowest BCUT2D eigenvalue weighted by Gasteiger charge is -2.09. The van der Waals surface area contributed by atoms with Crippen LogP contribution in [-0.4, -0.2) is 23.4 Å². The molecule has 3 rings (SSSR count). The Labute approximate surface area is 126 Å². The zero-order valence-corrected chi connectivity index (χ0v) is 12.5. The van der Waals surface area contributed by atoms with Gasteiger partial charge >= 0.3 is 0 Å². The van der Waals surface area contributed by atoms with Gasteiger partial charge in [0.1, 0.15) is 5.82 Å². The number of anilines is 1. The number of imidazole rings is 1. The number of aromatic nitrogens is 3. The van der Waals surface area contributed by atoms with Crippen molar-refractivity contribution in [1.29, 1.82) is 0 Å². The van der Waals surface area contributed by atoms with Crippen molar-refractivity contribution in [2.75, 3.05) is 4.72 Å². The summed E-state index contributed by atoms with van der Waals surface area (Å²) in [6, 6.07) is 6.82. The number of H-pyrrole nitrogens is 1. The van der Waals surface area contributed by atoms with Crippen LogP contribution in [0.4, 0.5) is 5.69 Å². The van der Waals surface area contributed by atoms with Crippen LogP contribution in [0.3, 0.4) is 0 Å². The van der Waals surface area contributed by atoms with Gasteiger partial charge in [-0.15, -0.1) is 0 Å². The first kappa shape index (κ1) is 13.8. The Morgan fingerprint density at radius 1 is 1.29 bits per heavy atom. The summed E-state index contributed by atoms with van der Waals surface area (Å²) in [5.74, 6) is 0.518. The number of nitrogens with one attached hydrogen (secondary N) is 2. The van der Waals surface area contributed by atoms with Crippen LogP contribution >= 0.6 is 11.6 Å². The molecule has 0 spiro atoms. The first-order valence-corrected chi connectivity index (χ1v) is 7.90. The van der Waals surface area contributed by atoms with Crippen LogP contribution in [0.25, 0.3) is 10.9 Å². The molecule has 0 fully saturated rings. The predicted octanol–water partition coefficient (Wildman–Crippen LogP) is 2.72. The van der Waals surface area contributed by atoms with E-state index in [-0.39, 0.29) is 5.03 Å². The molecule has 2 heterocycles. The van der Waals surface area contributed by atoms with Gasteiger partial charge in [-0.25, -0.2) is 4.98 Å². The van der Waals surface area contributed by atoms with Crippen LogP contribution in [-0.2, 0) is 10.0 Å². The minimum absolute atomic E-state index is 0.0101. The lowest BCUT2D eigenvalue weighted by molar-refractivity contribution is 0.598. The average Bonchev–Trinajstić information content (AvgIpc) is 2.86. The van der Waals surface area contributed by atoms with Gasteiger partial charge in [-0.1, -0.05) is 17.7 Å². The largest absolute Gasteiger partial charge is 0.332 e. The Kier molecular flexibility index (Phi) is 3.30. The zero-order chi connectivity index (χ0) is 15.0. The van der Waals surface area contributed by atoms with E-state index in [1.165, 1.54) is 12.3 Å². The smallest absolute Gasteiger partial charge is 0.279 e. The fourth-order valence-corrected chi connectivity index (χ4v) is 3.22. The number of pyridine rings is 1. The van der Waals surface area contributed by atoms with E-state index in [0.29, 0.717) is 22.1 Å². The zero-order valence-electron chi connectivity index (χ0n) is 11.0. The van der Waals surface area contributed by atoms with Gasteiger partial charge in [0, 0.05) is 16.6 Å². The van der Waals surface area contributed by atoms with Crippen molar-refractivity contribution in [2.45, 2.75) is 11.9 Å². The molecule has 21 heavy (non-hydrogen) atoms. The number of sulfonamides is 1. The van der Waals surface area contributed by atoms with Crippen LogP contribution in [0.1, 0.15) is 5.82 Å². The standard InChI is InChI=1S/C13H11ClN4O2S/c1-8-16-7-12(17-8)21(19,20)18-11-6-10(14)5-9-3-2-4-15-13(9)11/h2-7,18H,1H3,(H,16,17). The summed E-state index contributed by atoms with van der Waals surface area (Å²) in [6.07, 6.45) is 2.85. The van der Waals surface area contributed by atoms with E-state index >= 15 is 0 Å². The van der Waals surface area contributed by atoms with Gasteiger partial charge in [0.05, 0.1) is 17.4 Å². The first-order chi connectivity index (χ1) is 9.95. The second-order valence-corrected chi connectivity index (χ2v) is 6.55. The molecule has 0 aliphatic heterocycles. The third-order valence-electron chi connectivity index (χ3n) is 2.88. The van der Waals surface area contributed by atoms with Gasteiger partial charge in [-0.2, -0.15) is 8.42 Å². The lowest BCUT2D eigenvalue weighted by atomic mass is 10.2. The maximum atomic E-state index is 12.3. The first-order valence-electron chi connectivity index (χ1n) is 6.04. The van der Waals surface area contributed by atoms with Crippen molar-refractivity contribution in [3.63, 3.8) is 0 Å². The number of aromatic amines is 1. The molecule has 2 aromatic heterocycles. The van der Waals surface area contributed by atoms with Crippen molar-refractivity contribution >= 4 is 38.2 Å². The molecule has 0 bridgehead atoms. The van der Waals surface area contributed by atoms with E-state index in [4.69, 9.17) is 11.6 Å². The van der Waals surface area contributed by atoms with E-state index in [2.05, 4.69) is 19.7 Å². The van der Waals surface area contributed by atoms with E-state index in [1.54, 1.807) is 25.3 Å². The average molecular weight is 323 g/mol. The van der Waals surface area contributed by atoms with Gasteiger partial charge < -0.3 is 4.98 Å². The normalized spacial score (nSPS) is 11.7. The summed E-state index contributed by atoms with van der Waals surface area (Å²) >= 11 is 6.02. The highest BCUT2D eigenvalue weighted by Crippen LogP contribution is 2.27. The van der Waals surface area contributed by atoms with Crippen LogP contribution in [0.5, 0.6) is 0 Å². The summed E-state index contributed by atoms with van der Waals surface area (Å²) in [6.45, 7) is 1.68. The molecule has 0 aliphatic rings. The number of nitrogens with zero attached hydrogens (tertiary/aromatic N) is 2. The molecule has 8 heteroatoms. The Balaban J connectivity index is 2.09. The summed E-state index contributed by atoms with van der Waals surface area (Å²) in [7, 11) is -3.77. The van der Waals surface area contributed by atoms with Crippen molar-refractivity contribution in [3.05, 3.63) is 47.5 Å². The van der Waals surface area contributed by atoms with Crippen LogP contribution < -0.4 is 4.72 Å². The third-order valence-corrected chi connectivity index (χ3v) is 4.38. The highest BCUT2D eigenvalue weighted by atomic mass is 35.5. The highest BCUT2D eigenvalue weighted by molar-refractivity contribution is 7.92. The summed E-state index contributed by atoms with van der Waals surface area (Å²) < 4.78 is 27.1. The van der Waals surface area contributed by atoms with E-state index < -0.39 is 10.0 Å². The SMILES string of the molecule is Cc1ncc(S(=O)(=O)Nc2cc(Cl)cc3cccnc23)[nH]1. The second kappa shape index (κ2) is 5.01. The fraction of sp³-hybridized carbons (Fsp3) is 0.0769. The molecule has 0 saturated heterocycles. The van der Waals surface area contributed by atoms with E-state index in [1.807, 2.05) is 6.07 Å². The van der Waals surface area contributed by atoms with Crippen molar-refractivity contribution in [3.8, 4) is 0 Å². The van der Waals surface area contributed by atoms with Crippen LogP contribution in [0.2, 0.25) is 5.02 Å². The molecule has 0 saturated carbocycles. The van der Waals surface area contributed by atoms with Crippen molar-refractivity contribution in [1.82, 2.24) is 15.0 Å². The number of rotatable bonds is 3. The van der Waals surface area contributed by atoms with E-state index in [9.17, 15) is 8.42 Å². The van der Waals surface area contributed by atoms with Crippen LogP contribution in [0.15, 0.2) is 41.7 Å². The molecule has 2 N–H and O–H groups in total. The summed E-state index contributed by atoms with van der Waals surface area (Å²) in [5, 5.41) is 1.17. The summed E-state index contributed by atoms with van der Waals surface area (Å²) in [5.41, 5.74) is 0.854. The number of hydrogen-bond donors (Lipinski definition) is 2. The minimum Gasteiger partial charge on any atom is -0.332 e. The molecule has 0 amide bonds. The summed E-state index contributed by atoms with van der Waals surface area (Å²) in [4.78, 5) is 10.8. The Morgan fingerprint density at radius 2 is 2.10 bits per heavy atom. The Hall–Kier alpha value is -2.12. The third kappa shape index (κ3) is 2.70. The molecule has 0 radical (unpaired) electrons. The van der Waals surface area contributed by atoms with Gasteiger partial charge in [0.25, 0.3) is 10.0 Å². The number of fused-ring (bicyclic) bond motifs is 1. The van der Waals surface area contributed by atoms with Gasteiger partial charge in [0.15, 0.2) is 5.03 Å². The van der Waals surface area contributed by atoms with Gasteiger partial charge in [0.2, 0.25) is 0 Å². The maximum absolute atomic E-state index is 12.3. The van der Waals surface area contributed by atoms with E-state index in [0.717, 1.165) is 5.39 Å². The molecule has 6 nitrogen and oxygen atoms in total. The molecule has 0 unspecified atom stereocenters. The molecular weight excluding hydrogens is 312 g/mol. The molecule has 0 atom stereocenters. The van der Waals surface area contributed by atoms with Gasteiger partial charge in [-0.05, 0) is 25.1 Å². The Bertz CT molecular complexity index is 921. The topological polar surface area (TPSA) is 87.7 Å². The fourth-order valence-electron chi connectivity index (χ4n) is 1.97. The van der Waals surface area contributed by atoms with Crippen LogP contribution in [0, 0.1) is 6.92 Å². The number of benzene rings is 1. The molecule has 3 aromatic rings. The predicted molar refractivity (Wildman–Crippen MR) is 80.9 cm³/mol. The number of halogens is 1. The molecule has 108 valence electrons. The number of hydrogen-bond acceptors (Lipinski definition) is 4. The second-order valence-electron chi connectivity index (χ2n) is 4.47. The molecular formula is C13H11ClN4O2S. The maximum Gasteiger partial charge on any atom is 0.279 e. The highest BCUT2D eigenvalue weighted by Gasteiger charge is 2.18. The lowest BCUT2D eigenvalue weighted by Crippen LogP contribution is -2.14. The number of aryl methyl sites for hydroxylation is 1. The monoisotopic (exact) mass is 322 g/mol. The minimum atomic E-state index is -3.77. The molecule has 1 aromatic carbocycles. The Morgan fingerprint density at radius 3 is 2.81 bits per heavy atom. The van der Waals surface area contributed by atoms with Crippen molar-refractivity contribution in [2.24, 2.45) is 0 Å². The quantitative estimate of drug-likeness (QED) is 0.776. The van der Waals surface area contributed by atoms with Crippen molar-refractivity contribution < 1.29 is 8.42 Å². The van der Waals surface area contributed by atoms with Gasteiger partial charge in [-0.3, -0.25) is 9.71 Å².